The maximum atomic E-state index is 12.0. The highest BCUT2D eigenvalue weighted by atomic mass is 79.9. The SMILES string of the molecule is Cn1ccsc1=NC(=O)Cc1ccc(NC(=O)c2ccc(Br)o2)cc1. The predicted molar refractivity (Wildman–Crippen MR) is 98.4 cm³/mol. The van der Waals surface area contributed by atoms with Crippen LogP contribution in [0, 0.1) is 0 Å². The van der Waals surface area contributed by atoms with Gasteiger partial charge >= 0.3 is 0 Å². The molecule has 0 unspecified atom stereocenters. The van der Waals surface area contributed by atoms with Gasteiger partial charge in [-0.2, -0.15) is 4.99 Å². The summed E-state index contributed by atoms with van der Waals surface area (Å²) in [7, 11) is 1.84. The number of furan rings is 1. The maximum Gasteiger partial charge on any atom is 0.291 e. The Labute approximate surface area is 156 Å². The maximum absolute atomic E-state index is 12.0. The minimum Gasteiger partial charge on any atom is -0.444 e. The minimum atomic E-state index is -0.338. The van der Waals surface area contributed by atoms with Gasteiger partial charge in [-0.25, -0.2) is 0 Å². The van der Waals surface area contributed by atoms with E-state index in [-0.39, 0.29) is 24.0 Å². The summed E-state index contributed by atoms with van der Waals surface area (Å²) in [6, 6.07) is 10.3. The lowest BCUT2D eigenvalue weighted by atomic mass is 10.1. The zero-order chi connectivity index (χ0) is 17.8. The molecule has 8 heteroatoms. The first-order valence-electron chi connectivity index (χ1n) is 7.34. The molecule has 2 heterocycles. The number of carbonyl (C=O) groups is 2. The van der Waals surface area contributed by atoms with Gasteiger partial charge < -0.3 is 14.3 Å². The van der Waals surface area contributed by atoms with Crippen molar-refractivity contribution in [3.63, 3.8) is 0 Å². The van der Waals surface area contributed by atoms with Crippen LogP contribution >= 0.6 is 27.3 Å². The van der Waals surface area contributed by atoms with Gasteiger partial charge in [-0.05, 0) is 45.8 Å². The molecule has 25 heavy (non-hydrogen) atoms. The number of amides is 2. The van der Waals surface area contributed by atoms with Gasteiger partial charge in [-0.1, -0.05) is 12.1 Å². The monoisotopic (exact) mass is 419 g/mol. The molecule has 0 atom stereocenters. The van der Waals surface area contributed by atoms with Gasteiger partial charge in [-0.15, -0.1) is 11.3 Å². The Morgan fingerprint density at radius 1 is 1.24 bits per heavy atom. The van der Waals surface area contributed by atoms with E-state index in [1.165, 1.54) is 11.3 Å². The highest BCUT2D eigenvalue weighted by molar-refractivity contribution is 9.10. The van der Waals surface area contributed by atoms with Crippen LogP contribution in [0.5, 0.6) is 0 Å². The van der Waals surface area contributed by atoms with E-state index in [9.17, 15) is 9.59 Å². The highest BCUT2D eigenvalue weighted by Gasteiger charge is 2.11. The van der Waals surface area contributed by atoms with Crippen molar-refractivity contribution in [2.45, 2.75) is 6.42 Å². The van der Waals surface area contributed by atoms with E-state index in [0.717, 1.165) is 5.56 Å². The van der Waals surface area contributed by atoms with Gasteiger partial charge in [0.25, 0.3) is 11.8 Å². The standard InChI is InChI=1S/C17H14BrN3O3S/c1-21-8-9-25-17(21)20-15(22)10-11-2-4-12(5-3-11)19-16(23)13-6-7-14(18)24-13/h2-9H,10H2,1H3,(H,19,23). The average molecular weight is 420 g/mol. The zero-order valence-corrected chi connectivity index (χ0v) is 15.6. The first-order chi connectivity index (χ1) is 12.0. The fraction of sp³-hybridized carbons (Fsp3) is 0.118. The van der Waals surface area contributed by atoms with Crippen LogP contribution in [-0.4, -0.2) is 16.4 Å². The third-order valence-electron chi connectivity index (χ3n) is 3.34. The summed E-state index contributed by atoms with van der Waals surface area (Å²) in [4.78, 5) is 28.8. The lowest BCUT2D eigenvalue weighted by Crippen LogP contribution is -2.13. The molecule has 0 aliphatic rings. The Bertz CT molecular complexity index is 969. The van der Waals surface area contributed by atoms with Crippen molar-refractivity contribution < 1.29 is 14.0 Å². The molecule has 0 aliphatic heterocycles. The molecular formula is C17H14BrN3O3S. The highest BCUT2D eigenvalue weighted by Crippen LogP contribution is 2.16. The number of nitrogens with zero attached hydrogens (tertiary/aromatic N) is 2. The molecule has 128 valence electrons. The van der Waals surface area contributed by atoms with Crippen molar-refractivity contribution >= 4 is 44.8 Å². The second kappa shape index (κ2) is 7.62. The van der Waals surface area contributed by atoms with Crippen LogP contribution in [0.1, 0.15) is 16.1 Å². The molecule has 1 aromatic carbocycles. The summed E-state index contributed by atoms with van der Waals surface area (Å²) in [5.41, 5.74) is 1.45. The van der Waals surface area contributed by atoms with Crippen LogP contribution in [0.4, 0.5) is 5.69 Å². The summed E-state index contributed by atoms with van der Waals surface area (Å²) in [5, 5.41) is 4.61. The van der Waals surface area contributed by atoms with Crippen molar-refractivity contribution in [3.05, 3.63) is 68.8 Å². The number of benzene rings is 1. The summed E-state index contributed by atoms with van der Waals surface area (Å²) in [5.74, 6) is -0.334. The van der Waals surface area contributed by atoms with E-state index in [1.54, 1.807) is 41.0 Å². The molecule has 0 spiro atoms. The van der Waals surface area contributed by atoms with Crippen molar-refractivity contribution in [1.29, 1.82) is 0 Å². The first-order valence-corrected chi connectivity index (χ1v) is 9.02. The Morgan fingerprint density at radius 2 is 2.00 bits per heavy atom. The molecule has 3 aromatic rings. The van der Waals surface area contributed by atoms with E-state index in [1.807, 2.05) is 18.6 Å². The van der Waals surface area contributed by atoms with Crippen LogP contribution in [0.2, 0.25) is 0 Å². The van der Waals surface area contributed by atoms with Gasteiger partial charge in [-0.3, -0.25) is 9.59 Å². The van der Waals surface area contributed by atoms with Gasteiger partial charge in [0.15, 0.2) is 15.2 Å². The second-order valence-electron chi connectivity index (χ2n) is 5.23. The van der Waals surface area contributed by atoms with Gasteiger partial charge in [0.05, 0.1) is 6.42 Å². The lowest BCUT2D eigenvalue weighted by Gasteiger charge is -2.04. The van der Waals surface area contributed by atoms with Gasteiger partial charge in [0, 0.05) is 24.3 Å². The number of anilines is 1. The normalized spacial score (nSPS) is 11.5. The Hall–Kier alpha value is -2.45. The molecule has 2 amide bonds. The van der Waals surface area contributed by atoms with Crippen LogP contribution in [-0.2, 0) is 18.3 Å². The molecule has 0 fully saturated rings. The average Bonchev–Trinajstić information content (AvgIpc) is 3.18. The molecule has 3 rings (SSSR count). The summed E-state index contributed by atoms with van der Waals surface area (Å²) in [6.45, 7) is 0. The number of thiazole rings is 1. The molecule has 1 N–H and O–H groups in total. The van der Waals surface area contributed by atoms with Gasteiger partial charge in [0.2, 0.25) is 0 Å². The van der Waals surface area contributed by atoms with Crippen molar-refractivity contribution in [2.75, 3.05) is 5.32 Å². The molecule has 2 aromatic heterocycles. The van der Waals surface area contributed by atoms with Crippen LogP contribution in [0.25, 0.3) is 0 Å². The smallest absolute Gasteiger partial charge is 0.291 e. The zero-order valence-electron chi connectivity index (χ0n) is 13.2. The number of halogens is 1. The lowest BCUT2D eigenvalue weighted by molar-refractivity contribution is -0.117. The number of hydrogen-bond donors (Lipinski definition) is 1. The van der Waals surface area contributed by atoms with E-state index in [4.69, 9.17) is 4.42 Å². The van der Waals surface area contributed by atoms with E-state index in [2.05, 4.69) is 26.2 Å². The van der Waals surface area contributed by atoms with Gasteiger partial charge in [0.1, 0.15) is 0 Å². The van der Waals surface area contributed by atoms with E-state index in [0.29, 0.717) is 15.2 Å². The number of hydrogen-bond acceptors (Lipinski definition) is 4. The summed E-state index contributed by atoms with van der Waals surface area (Å²) < 4.78 is 7.49. The Morgan fingerprint density at radius 3 is 2.60 bits per heavy atom. The molecule has 0 saturated heterocycles. The summed E-state index contributed by atoms with van der Waals surface area (Å²) in [6.07, 6.45) is 2.06. The fourth-order valence-electron chi connectivity index (χ4n) is 2.09. The van der Waals surface area contributed by atoms with Crippen molar-refractivity contribution in [3.8, 4) is 0 Å². The van der Waals surface area contributed by atoms with Crippen LogP contribution in [0.3, 0.4) is 0 Å². The minimum absolute atomic E-state index is 0.206. The number of aryl methyl sites for hydroxylation is 1. The van der Waals surface area contributed by atoms with Crippen LogP contribution < -0.4 is 10.1 Å². The largest absolute Gasteiger partial charge is 0.444 e. The molecule has 0 radical (unpaired) electrons. The number of carbonyl (C=O) groups excluding carboxylic acids is 2. The Kier molecular flexibility index (Phi) is 5.30. The molecule has 6 nitrogen and oxygen atoms in total. The van der Waals surface area contributed by atoms with Crippen LogP contribution in [0.15, 0.2) is 62.1 Å². The summed E-state index contributed by atoms with van der Waals surface area (Å²) >= 11 is 4.57. The van der Waals surface area contributed by atoms with Crippen molar-refractivity contribution in [2.24, 2.45) is 12.0 Å². The molecular weight excluding hydrogens is 406 g/mol. The Balaban J connectivity index is 1.63. The van der Waals surface area contributed by atoms with E-state index < -0.39 is 0 Å². The quantitative estimate of drug-likeness (QED) is 0.703. The number of nitrogens with one attached hydrogen (secondary N) is 1. The number of aromatic nitrogens is 1. The predicted octanol–water partition coefficient (Wildman–Crippen LogP) is 3.36. The van der Waals surface area contributed by atoms with Crippen molar-refractivity contribution in [1.82, 2.24) is 4.57 Å². The third kappa shape index (κ3) is 4.55. The van der Waals surface area contributed by atoms with E-state index >= 15 is 0 Å². The third-order valence-corrected chi connectivity index (χ3v) is 4.62. The molecule has 0 bridgehead atoms. The molecule has 0 aliphatic carbocycles. The molecule has 0 saturated carbocycles. The first kappa shape index (κ1) is 17.4. The second-order valence-corrected chi connectivity index (χ2v) is 6.89. The topological polar surface area (TPSA) is 76.6 Å². The fourth-order valence-corrected chi connectivity index (χ4v) is 3.14. The number of rotatable bonds is 4.